The quantitative estimate of drug-likeness (QED) is 0.701. The molecular formula is C11H13BrClNO5S. The first-order chi connectivity index (χ1) is 9.27. The number of ether oxygens (including phenoxy) is 1. The molecule has 1 rings (SSSR count). The average Bonchev–Trinajstić information content (AvgIpc) is 2.36. The Kier molecular flexibility index (Phi) is 6.25. The third-order valence-electron chi connectivity index (χ3n) is 2.36. The highest BCUT2D eigenvalue weighted by Crippen LogP contribution is 2.33. The summed E-state index contributed by atoms with van der Waals surface area (Å²) in [6.45, 7) is 0.0325. The first-order valence-corrected chi connectivity index (χ1v) is 8.18. The number of benzene rings is 1. The summed E-state index contributed by atoms with van der Waals surface area (Å²) < 4.78 is 31.7. The van der Waals surface area contributed by atoms with Gasteiger partial charge in [0, 0.05) is 17.4 Å². The molecule has 0 fully saturated rings. The number of methoxy groups -OCH3 is 1. The second-order valence-electron chi connectivity index (χ2n) is 3.81. The minimum Gasteiger partial charge on any atom is -0.495 e. The summed E-state index contributed by atoms with van der Waals surface area (Å²) in [5.41, 5.74) is 0. The molecule has 9 heteroatoms. The van der Waals surface area contributed by atoms with E-state index in [1.165, 1.54) is 19.2 Å². The fourth-order valence-electron chi connectivity index (χ4n) is 1.40. The Morgan fingerprint density at radius 1 is 1.50 bits per heavy atom. The number of carboxylic acids is 1. The lowest BCUT2D eigenvalue weighted by Crippen LogP contribution is -2.25. The molecule has 20 heavy (non-hydrogen) atoms. The van der Waals surface area contributed by atoms with Crippen LogP contribution in [0.5, 0.6) is 5.75 Å². The van der Waals surface area contributed by atoms with Gasteiger partial charge in [-0.3, -0.25) is 4.79 Å². The van der Waals surface area contributed by atoms with Gasteiger partial charge in [0.15, 0.2) is 0 Å². The number of carboxylic acid groups (broad SMARTS) is 1. The normalized spacial score (nSPS) is 11.3. The van der Waals surface area contributed by atoms with Crippen LogP contribution in [0, 0.1) is 0 Å². The number of sulfonamides is 1. The van der Waals surface area contributed by atoms with Crippen LogP contribution in [-0.4, -0.2) is 33.1 Å². The van der Waals surface area contributed by atoms with Crippen molar-refractivity contribution >= 4 is 43.5 Å². The Bertz CT molecular complexity index is 605. The number of hydrogen-bond donors (Lipinski definition) is 2. The molecule has 6 nitrogen and oxygen atoms in total. The maximum absolute atomic E-state index is 12.1. The Balaban J connectivity index is 2.87. The molecule has 1 aromatic carbocycles. The predicted octanol–water partition coefficient (Wildman–Crippen LogP) is 2.25. The molecule has 0 amide bonds. The average molecular weight is 387 g/mol. The van der Waals surface area contributed by atoms with Crippen LogP contribution in [0.1, 0.15) is 12.8 Å². The van der Waals surface area contributed by atoms with Crippen molar-refractivity contribution < 1.29 is 23.1 Å². The molecule has 0 saturated heterocycles. The number of carbonyl (C=O) groups is 1. The summed E-state index contributed by atoms with van der Waals surface area (Å²) in [5.74, 6) is -0.624. The highest BCUT2D eigenvalue weighted by Gasteiger charge is 2.19. The number of hydrogen-bond acceptors (Lipinski definition) is 4. The van der Waals surface area contributed by atoms with Gasteiger partial charge in [0.25, 0.3) is 0 Å². The molecule has 0 bridgehead atoms. The van der Waals surface area contributed by atoms with E-state index >= 15 is 0 Å². The number of aliphatic carboxylic acids is 1. The van der Waals surface area contributed by atoms with Crippen molar-refractivity contribution in [3.63, 3.8) is 0 Å². The van der Waals surface area contributed by atoms with Crippen LogP contribution in [0.2, 0.25) is 5.02 Å². The van der Waals surface area contributed by atoms with Crippen LogP contribution in [0.4, 0.5) is 0 Å². The van der Waals surface area contributed by atoms with Gasteiger partial charge in [0.05, 0.1) is 17.0 Å². The molecule has 0 aliphatic heterocycles. The number of nitrogens with one attached hydrogen (secondary N) is 1. The fraction of sp³-hybridized carbons (Fsp3) is 0.364. The summed E-state index contributed by atoms with van der Waals surface area (Å²) in [6.07, 6.45) is 0.100. The first kappa shape index (κ1) is 17.2. The van der Waals surface area contributed by atoms with Gasteiger partial charge >= 0.3 is 5.97 Å². The molecule has 0 spiro atoms. The van der Waals surface area contributed by atoms with E-state index in [9.17, 15) is 13.2 Å². The van der Waals surface area contributed by atoms with Crippen molar-refractivity contribution in [1.29, 1.82) is 0 Å². The van der Waals surface area contributed by atoms with Crippen LogP contribution in [0.25, 0.3) is 0 Å². The molecule has 0 aliphatic rings. The van der Waals surface area contributed by atoms with Crippen molar-refractivity contribution in [2.75, 3.05) is 13.7 Å². The van der Waals surface area contributed by atoms with Gasteiger partial charge in [0.2, 0.25) is 10.0 Å². The highest BCUT2D eigenvalue weighted by molar-refractivity contribution is 9.10. The molecule has 0 heterocycles. The zero-order valence-corrected chi connectivity index (χ0v) is 13.7. The fourth-order valence-corrected chi connectivity index (χ4v) is 3.82. The van der Waals surface area contributed by atoms with Crippen molar-refractivity contribution in [2.24, 2.45) is 0 Å². The summed E-state index contributed by atoms with van der Waals surface area (Å²) in [4.78, 5) is 10.3. The van der Waals surface area contributed by atoms with Crippen LogP contribution < -0.4 is 9.46 Å². The van der Waals surface area contributed by atoms with E-state index in [1.807, 2.05) is 0 Å². The second kappa shape index (κ2) is 7.26. The smallest absolute Gasteiger partial charge is 0.303 e. The van der Waals surface area contributed by atoms with E-state index < -0.39 is 16.0 Å². The van der Waals surface area contributed by atoms with Gasteiger partial charge in [-0.15, -0.1) is 0 Å². The molecule has 0 unspecified atom stereocenters. The number of halogens is 2. The minimum atomic E-state index is -3.77. The van der Waals surface area contributed by atoms with Crippen LogP contribution >= 0.6 is 27.5 Å². The van der Waals surface area contributed by atoms with E-state index in [0.29, 0.717) is 10.2 Å². The second-order valence-corrected chi connectivity index (χ2v) is 6.81. The topological polar surface area (TPSA) is 92.7 Å². The zero-order chi connectivity index (χ0) is 15.3. The third-order valence-corrected chi connectivity index (χ3v) is 5.07. The van der Waals surface area contributed by atoms with Crippen LogP contribution in [-0.2, 0) is 14.8 Å². The van der Waals surface area contributed by atoms with E-state index in [-0.39, 0.29) is 29.3 Å². The lowest BCUT2D eigenvalue weighted by molar-refractivity contribution is -0.137. The van der Waals surface area contributed by atoms with Crippen molar-refractivity contribution in [3.8, 4) is 5.75 Å². The highest BCUT2D eigenvalue weighted by atomic mass is 79.9. The molecule has 0 saturated carbocycles. The van der Waals surface area contributed by atoms with Gasteiger partial charge in [0.1, 0.15) is 5.75 Å². The zero-order valence-electron chi connectivity index (χ0n) is 10.5. The van der Waals surface area contributed by atoms with Gasteiger partial charge in [-0.1, -0.05) is 11.6 Å². The minimum absolute atomic E-state index is 0.0291. The molecular weight excluding hydrogens is 374 g/mol. The van der Waals surface area contributed by atoms with Crippen molar-refractivity contribution in [1.82, 2.24) is 4.72 Å². The molecule has 0 radical (unpaired) electrons. The van der Waals surface area contributed by atoms with E-state index in [4.69, 9.17) is 21.4 Å². The monoisotopic (exact) mass is 385 g/mol. The number of rotatable bonds is 7. The lowest BCUT2D eigenvalue weighted by Gasteiger charge is -2.10. The molecule has 0 aromatic heterocycles. The lowest BCUT2D eigenvalue weighted by atomic mass is 10.3. The molecule has 0 atom stereocenters. The first-order valence-electron chi connectivity index (χ1n) is 5.52. The Hall–Kier alpha value is -0.830. The van der Waals surface area contributed by atoms with Gasteiger partial charge in [-0.25, -0.2) is 13.1 Å². The SMILES string of the molecule is COc1cc(Br)c(S(=O)(=O)NCCCC(=O)O)cc1Cl. The largest absolute Gasteiger partial charge is 0.495 e. The van der Waals surface area contributed by atoms with Crippen LogP contribution in [0.15, 0.2) is 21.5 Å². The predicted molar refractivity (Wildman–Crippen MR) is 77.8 cm³/mol. The summed E-state index contributed by atoms with van der Waals surface area (Å²) in [5, 5.41) is 8.65. The molecule has 112 valence electrons. The maximum atomic E-state index is 12.1. The van der Waals surface area contributed by atoms with Gasteiger partial charge < -0.3 is 9.84 Å². The van der Waals surface area contributed by atoms with Crippen LogP contribution in [0.3, 0.4) is 0 Å². The Morgan fingerprint density at radius 2 is 2.15 bits per heavy atom. The maximum Gasteiger partial charge on any atom is 0.303 e. The molecule has 2 N–H and O–H groups in total. The van der Waals surface area contributed by atoms with Gasteiger partial charge in [-0.05, 0) is 34.5 Å². The standard InChI is InChI=1S/C11H13BrClNO5S/c1-19-9-5-7(12)10(6-8(9)13)20(17,18)14-4-2-3-11(15)16/h5-6,14H,2-4H2,1H3,(H,15,16). The molecule has 1 aromatic rings. The van der Waals surface area contributed by atoms with E-state index in [0.717, 1.165) is 0 Å². The van der Waals surface area contributed by atoms with E-state index in [2.05, 4.69) is 20.7 Å². The summed E-state index contributed by atoms with van der Waals surface area (Å²) in [7, 11) is -2.34. The molecule has 0 aliphatic carbocycles. The third kappa shape index (κ3) is 4.62. The Labute approximate surface area is 130 Å². The van der Waals surface area contributed by atoms with E-state index in [1.54, 1.807) is 0 Å². The van der Waals surface area contributed by atoms with Gasteiger partial charge in [-0.2, -0.15) is 0 Å². The van der Waals surface area contributed by atoms with Crippen molar-refractivity contribution in [3.05, 3.63) is 21.6 Å². The van der Waals surface area contributed by atoms with Crippen molar-refractivity contribution in [2.45, 2.75) is 17.7 Å². The summed E-state index contributed by atoms with van der Waals surface area (Å²) in [6, 6.07) is 2.72. The Morgan fingerprint density at radius 3 is 2.70 bits per heavy atom. The summed E-state index contributed by atoms with van der Waals surface area (Å²) >= 11 is 9.03.